The number of carbonyl (C=O) groups is 2. The number of aromatic amines is 1. The van der Waals surface area contributed by atoms with Crippen LogP contribution in [0.25, 0.3) is 11.0 Å². The van der Waals surface area contributed by atoms with Gasteiger partial charge in [-0.15, -0.1) is 0 Å². The second kappa shape index (κ2) is 10.3. The van der Waals surface area contributed by atoms with E-state index in [9.17, 15) is 39.9 Å². The number of benzene rings is 2. The summed E-state index contributed by atoms with van der Waals surface area (Å²) >= 11 is 5.87. The summed E-state index contributed by atoms with van der Waals surface area (Å²) in [6.45, 7) is 0. The number of aliphatic hydroxyl groups is 1. The summed E-state index contributed by atoms with van der Waals surface area (Å²) in [6, 6.07) is 6.52. The molecule has 1 atom stereocenters. The maximum absolute atomic E-state index is 13.0. The Bertz CT molecular complexity index is 1470. The van der Waals surface area contributed by atoms with Gasteiger partial charge in [0.05, 0.1) is 34.7 Å². The monoisotopic (exact) mass is 519 g/mol. The standard InChI is InChI=1S/C20H15ClN5O10/c1-36-20(31)17(28)14(15-18(29)24-12-6-8(21)2-4-10(12)22-15)16(27)19(30)23-11-5-3-9(25(32)33)7-13(11)26(34)35/h2-7,14,23,27,30,32H,1H3,(H,24,29)/q-1/p-1. The molecule has 3 aromatic rings. The maximum Gasteiger partial charge on any atom is 0.375 e. The van der Waals surface area contributed by atoms with Crippen molar-refractivity contribution < 1.29 is 34.7 Å². The first kappa shape index (κ1) is 25.9. The summed E-state index contributed by atoms with van der Waals surface area (Å²) in [5, 5.41) is 56.3. The van der Waals surface area contributed by atoms with Gasteiger partial charge < -0.3 is 35.7 Å². The molecule has 0 bridgehead atoms. The lowest BCUT2D eigenvalue weighted by molar-refractivity contribution is -0.383. The summed E-state index contributed by atoms with van der Waals surface area (Å²) in [7, 11) is 0.842. The largest absolute Gasteiger partial charge is 0.871 e. The van der Waals surface area contributed by atoms with Crippen LogP contribution in [-0.4, -0.2) is 44.1 Å². The van der Waals surface area contributed by atoms with E-state index in [0.29, 0.717) is 6.07 Å². The van der Waals surface area contributed by atoms with Crippen molar-refractivity contribution in [1.29, 1.82) is 0 Å². The Kier molecular flexibility index (Phi) is 7.38. The number of methoxy groups -OCH3 is 1. The van der Waals surface area contributed by atoms with Gasteiger partial charge in [-0.2, -0.15) is 0 Å². The van der Waals surface area contributed by atoms with Crippen molar-refractivity contribution in [3.05, 3.63) is 84.4 Å². The fourth-order valence-electron chi connectivity index (χ4n) is 3.08. The van der Waals surface area contributed by atoms with Crippen molar-refractivity contribution in [1.82, 2.24) is 9.97 Å². The van der Waals surface area contributed by atoms with E-state index in [1.54, 1.807) is 0 Å². The van der Waals surface area contributed by atoms with Gasteiger partial charge >= 0.3 is 5.97 Å². The van der Waals surface area contributed by atoms with E-state index in [1.807, 2.05) is 5.32 Å². The lowest BCUT2D eigenvalue weighted by atomic mass is 9.97. The quantitative estimate of drug-likeness (QED) is 0.108. The minimum atomic E-state index is -2.30. The fourth-order valence-corrected chi connectivity index (χ4v) is 3.25. The summed E-state index contributed by atoms with van der Waals surface area (Å²) in [5.41, 5.74) is -3.54. The number of nitro benzene ring substituents is 1. The lowest BCUT2D eigenvalue weighted by Gasteiger charge is -2.24. The predicted octanol–water partition coefficient (Wildman–Crippen LogP) is 1.20. The second-order valence-electron chi connectivity index (χ2n) is 6.97. The highest BCUT2D eigenvalue weighted by Gasteiger charge is 2.33. The SMILES string of the molecule is COC(=O)C(=O)C(C([O-])=C(O)Nc1ccc(N([O-])O)cc1[N+](=O)[O-])c1nc2ccc(Cl)cc2[nH]c1=O. The number of H-pyrrole nitrogens is 1. The summed E-state index contributed by atoms with van der Waals surface area (Å²) in [4.78, 5) is 53.9. The highest BCUT2D eigenvalue weighted by atomic mass is 35.5. The molecular formula is C20H14ClN5O10-2. The molecule has 0 amide bonds. The van der Waals surface area contributed by atoms with Crippen LogP contribution in [0.3, 0.4) is 0 Å². The van der Waals surface area contributed by atoms with Gasteiger partial charge in [0, 0.05) is 11.1 Å². The number of ketones is 1. The molecule has 16 heteroatoms. The number of Topliss-reactive ketones (excluding diaryl/α,β-unsaturated/α-hetero) is 1. The van der Waals surface area contributed by atoms with Crippen LogP contribution in [-0.2, 0) is 14.3 Å². The first-order valence-corrected chi connectivity index (χ1v) is 9.95. The molecule has 36 heavy (non-hydrogen) atoms. The Morgan fingerprint density at radius 3 is 2.58 bits per heavy atom. The van der Waals surface area contributed by atoms with E-state index in [-0.39, 0.29) is 16.1 Å². The fraction of sp³-hybridized carbons (Fsp3) is 0.100. The third-order valence-corrected chi connectivity index (χ3v) is 4.99. The molecule has 0 radical (unpaired) electrons. The van der Waals surface area contributed by atoms with Crippen molar-refractivity contribution in [2.24, 2.45) is 0 Å². The molecule has 0 spiro atoms. The number of nitrogens with one attached hydrogen (secondary N) is 2. The number of nitrogens with zero attached hydrogens (tertiary/aromatic N) is 3. The molecule has 15 nitrogen and oxygen atoms in total. The Morgan fingerprint density at radius 2 is 1.97 bits per heavy atom. The van der Waals surface area contributed by atoms with Crippen molar-refractivity contribution in [2.75, 3.05) is 17.7 Å². The molecule has 2 aromatic carbocycles. The molecule has 188 valence electrons. The van der Waals surface area contributed by atoms with Gasteiger partial charge in [-0.25, -0.2) is 9.78 Å². The minimum Gasteiger partial charge on any atom is -0.871 e. The number of rotatable bonds is 8. The zero-order chi connectivity index (χ0) is 26.7. The topological polar surface area (TPSA) is 234 Å². The third kappa shape index (κ3) is 5.17. The number of ether oxygens (including phenoxy) is 1. The van der Waals surface area contributed by atoms with E-state index >= 15 is 0 Å². The normalized spacial score (nSPS) is 12.4. The van der Waals surface area contributed by atoms with Gasteiger partial charge in [0.25, 0.3) is 17.0 Å². The minimum absolute atomic E-state index is 0.0781. The number of hydrogen-bond donors (Lipinski definition) is 4. The highest BCUT2D eigenvalue weighted by Crippen LogP contribution is 2.31. The van der Waals surface area contributed by atoms with Crippen molar-refractivity contribution in [3.8, 4) is 0 Å². The smallest absolute Gasteiger partial charge is 0.375 e. The van der Waals surface area contributed by atoms with E-state index < -0.39 is 67.8 Å². The molecule has 1 aromatic heterocycles. The lowest BCUT2D eigenvalue weighted by Crippen LogP contribution is -2.35. The van der Waals surface area contributed by atoms with E-state index in [1.165, 1.54) is 18.2 Å². The summed E-state index contributed by atoms with van der Waals surface area (Å²) in [6.07, 6.45) is 0. The summed E-state index contributed by atoms with van der Waals surface area (Å²) in [5.74, 6) is -8.33. The van der Waals surface area contributed by atoms with Crippen LogP contribution in [0.5, 0.6) is 0 Å². The zero-order valence-corrected chi connectivity index (χ0v) is 18.7. The molecule has 0 aliphatic heterocycles. The molecule has 0 saturated heterocycles. The number of fused-ring (bicyclic) bond motifs is 1. The molecule has 4 N–H and O–H groups in total. The molecule has 1 heterocycles. The molecule has 0 aliphatic carbocycles. The van der Waals surface area contributed by atoms with Crippen LogP contribution >= 0.6 is 11.6 Å². The molecule has 0 saturated carbocycles. The summed E-state index contributed by atoms with van der Waals surface area (Å²) < 4.78 is 4.34. The number of carbonyl (C=O) groups excluding carboxylic acids is 2. The number of allylic oxidation sites excluding steroid dienone is 1. The van der Waals surface area contributed by atoms with Crippen LogP contribution < -0.4 is 21.2 Å². The zero-order valence-electron chi connectivity index (χ0n) is 17.9. The Balaban J connectivity index is 2.15. The number of aromatic nitrogens is 2. The number of esters is 1. The van der Waals surface area contributed by atoms with Crippen molar-refractivity contribution in [3.63, 3.8) is 0 Å². The van der Waals surface area contributed by atoms with E-state index in [4.69, 9.17) is 16.8 Å². The number of aliphatic hydroxyl groups excluding tert-OH is 1. The van der Waals surface area contributed by atoms with Gasteiger partial charge in [0.15, 0.2) is 5.88 Å². The van der Waals surface area contributed by atoms with Crippen LogP contribution in [0, 0.1) is 15.3 Å². The number of hydrogen-bond acceptors (Lipinski definition) is 13. The molecule has 3 rings (SSSR count). The number of nitro groups is 1. The predicted molar refractivity (Wildman–Crippen MR) is 121 cm³/mol. The third-order valence-electron chi connectivity index (χ3n) is 4.75. The van der Waals surface area contributed by atoms with Crippen molar-refractivity contribution >= 4 is 51.4 Å². The van der Waals surface area contributed by atoms with Crippen LogP contribution in [0.2, 0.25) is 5.02 Å². The van der Waals surface area contributed by atoms with Gasteiger partial charge in [0.2, 0.25) is 0 Å². The van der Waals surface area contributed by atoms with Crippen LogP contribution in [0.4, 0.5) is 17.1 Å². The second-order valence-corrected chi connectivity index (χ2v) is 7.41. The molecular weight excluding hydrogens is 506 g/mol. The average Bonchev–Trinajstić information content (AvgIpc) is 2.83. The van der Waals surface area contributed by atoms with Gasteiger partial charge in [-0.1, -0.05) is 17.4 Å². The number of anilines is 2. The first-order valence-electron chi connectivity index (χ1n) is 9.58. The molecule has 0 aliphatic rings. The Hall–Kier alpha value is -4.73. The van der Waals surface area contributed by atoms with Gasteiger partial charge in [0.1, 0.15) is 11.4 Å². The van der Waals surface area contributed by atoms with E-state index in [2.05, 4.69) is 14.7 Å². The number of halogens is 1. The first-order chi connectivity index (χ1) is 16.9. The Labute approximate surface area is 204 Å². The highest BCUT2D eigenvalue weighted by molar-refractivity contribution is 6.36. The average molecular weight is 520 g/mol. The van der Waals surface area contributed by atoms with Gasteiger partial charge in [-0.05, 0) is 30.3 Å². The van der Waals surface area contributed by atoms with Crippen molar-refractivity contribution in [2.45, 2.75) is 5.92 Å². The Morgan fingerprint density at radius 1 is 1.28 bits per heavy atom. The molecule has 0 fully saturated rings. The van der Waals surface area contributed by atoms with Crippen LogP contribution in [0.15, 0.2) is 52.8 Å². The van der Waals surface area contributed by atoms with Crippen LogP contribution in [0.1, 0.15) is 11.6 Å². The van der Waals surface area contributed by atoms with E-state index in [0.717, 1.165) is 19.2 Å². The molecule has 1 unspecified atom stereocenters. The maximum atomic E-state index is 13.0. The van der Waals surface area contributed by atoms with Gasteiger partial charge in [-0.3, -0.25) is 24.9 Å².